The van der Waals surface area contributed by atoms with Crippen molar-refractivity contribution in [1.29, 1.82) is 0 Å². The van der Waals surface area contributed by atoms with Crippen LogP contribution in [0.5, 0.6) is 0 Å². The quantitative estimate of drug-likeness (QED) is 0.594. The van der Waals surface area contributed by atoms with E-state index in [1.165, 1.54) is 5.56 Å². The Kier molecular flexibility index (Phi) is 4.34. The maximum Gasteiger partial charge on any atom is 0.179 e. The molecule has 0 unspecified atom stereocenters. The van der Waals surface area contributed by atoms with E-state index >= 15 is 0 Å². The summed E-state index contributed by atoms with van der Waals surface area (Å²) >= 11 is 5.66. The Morgan fingerprint density at radius 3 is 2.30 bits per heavy atom. The van der Waals surface area contributed by atoms with Crippen LogP contribution >= 0.6 is 11.6 Å². The zero-order chi connectivity index (χ0) is 14.9. The van der Waals surface area contributed by atoms with Crippen molar-refractivity contribution in [1.82, 2.24) is 4.57 Å². The van der Waals surface area contributed by atoms with Gasteiger partial charge in [-0.15, -0.1) is 11.6 Å². The Bertz CT molecular complexity index is 623. The molecule has 0 atom stereocenters. The zero-order valence-corrected chi connectivity index (χ0v) is 13.2. The first-order chi connectivity index (χ1) is 9.45. The van der Waals surface area contributed by atoms with Crippen LogP contribution in [0.4, 0.5) is 0 Å². The van der Waals surface area contributed by atoms with Crippen LogP contribution in [0.1, 0.15) is 47.1 Å². The first kappa shape index (κ1) is 14.9. The summed E-state index contributed by atoms with van der Waals surface area (Å²) in [6, 6.07) is 10.4. The first-order valence-corrected chi connectivity index (χ1v) is 7.37. The molecule has 1 aromatic carbocycles. The molecule has 20 heavy (non-hydrogen) atoms. The second-order valence-electron chi connectivity index (χ2n) is 5.42. The number of nitrogens with zero attached hydrogens (tertiary/aromatic N) is 1. The SMILES string of the molecule is Cc1cc(C(=O)CCl)c(C)n1-c1ccc(C(C)C)cc1. The van der Waals surface area contributed by atoms with Crippen molar-refractivity contribution in [2.75, 3.05) is 5.88 Å². The summed E-state index contributed by atoms with van der Waals surface area (Å²) in [7, 11) is 0. The number of carbonyl (C=O) groups excluding carboxylic acids is 1. The zero-order valence-electron chi connectivity index (χ0n) is 12.4. The molecule has 0 bridgehead atoms. The van der Waals surface area contributed by atoms with E-state index in [1.54, 1.807) is 0 Å². The van der Waals surface area contributed by atoms with Crippen molar-refractivity contribution in [3.05, 3.63) is 52.8 Å². The van der Waals surface area contributed by atoms with E-state index in [-0.39, 0.29) is 11.7 Å². The van der Waals surface area contributed by atoms with Gasteiger partial charge in [-0.05, 0) is 43.5 Å². The monoisotopic (exact) mass is 289 g/mol. The number of ketones is 1. The summed E-state index contributed by atoms with van der Waals surface area (Å²) < 4.78 is 2.10. The Morgan fingerprint density at radius 2 is 1.80 bits per heavy atom. The highest BCUT2D eigenvalue weighted by molar-refractivity contribution is 6.30. The molecule has 1 heterocycles. The molecule has 2 rings (SSSR count). The van der Waals surface area contributed by atoms with Crippen LogP contribution in [0.25, 0.3) is 5.69 Å². The van der Waals surface area contributed by atoms with E-state index in [1.807, 2.05) is 19.9 Å². The number of Topliss-reactive ketones (excluding diaryl/α,β-unsaturated/α-hetero) is 1. The van der Waals surface area contributed by atoms with Crippen molar-refractivity contribution in [3.63, 3.8) is 0 Å². The molecule has 1 aromatic heterocycles. The smallest absolute Gasteiger partial charge is 0.179 e. The average Bonchev–Trinajstić information content (AvgIpc) is 2.73. The minimum absolute atomic E-state index is 0.0233. The predicted molar refractivity (Wildman–Crippen MR) is 84.4 cm³/mol. The Balaban J connectivity index is 2.47. The number of carbonyl (C=O) groups is 1. The fourth-order valence-corrected chi connectivity index (χ4v) is 2.67. The van der Waals surface area contributed by atoms with Crippen LogP contribution in [0.3, 0.4) is 0 Å². The highest BCUT2D eigenvalue weighted by atomic mass is 35.5. The predicted octanol–water partition coefficient (Wildman–Crippen LogP) is 4.64. The lowest BCUT2D eigenvalue weighted by Gasteiger charge is -2.12. The molecule has 0 amide bonds. The minimum Gasteiger partial charge on any atom is -0.318 e. The maximum absolute atomic E-state index is 11.8. The number of halogens is 1. The number of aryl methyl sites for hydroxylation is 1. The van der Waals surface area contributed by atoms with E-state index < -0.39 is 0 Å². The third-order valence-corrected chi connectivity index (χ3v) is 3.91. The van der Waals surface area contributed by atoms with Gasteiger partial charge in [0.1, 0.15) is 0 Å². The molecule has 0 radical (unpaired) electrons. The van der Waals surface area contributed by atoms with E-state index in [2.05, 4.69) is 42.7 Å². The van der Waals surface area contributed by atoms with Gasteiger partial charge in [0.25, 0.3) is 0 Å². The van der Waals surface area contributed by atoms with E-state index in [0.717, 1.165) is 17.1 Å². The molecular weight excluding hydrogens is 270 g/mol. The van der Waals surface area contributed by atoms with Gasteiger partial charge in [-0.2, -0.15) is 0 Å². The topological polar surface area (TPSA) is 22.0 Å². The van der Waals surface area contributed by atoms with Gasteiger partial charge in [0.05, 0.1) is 5.88 Å². The number of rotatable bonds is 4. The van der Waals surface area contributed by atoms with E-state index in [9.17, 15) is 4.79 Å². The molecule has 0 fully saturated rings. The molecule has 0 spiro atoms. The molecule has 0 saturated carbocycles. The molecule has 3 heteroatoms. The van der Waals surface area contributed by atoms with Gasteiger partial charge in [-0.1, -0.05) is 26.0 Å². The van der Waals surface area contributed by atoms with Gasteiger partial charge >= 0.3 is 0 Å². The third-order valence-electron chi connectivity index (χ3n) is 3.67. The summed E-state index contributed by atoms with van der Waals surface area (Å²) in [6.07, 6.45) is 0. The number of benzene rings is 1. The van der Waals surface area contributed by atoms with Gasteiger partial charge in [-0.3, -0.25) is 4.79 Å². The Morgan fingerprint density at radius 1 is 1.20 bits per heavy atom. The number of hydrogen-bond acceptors (Lipinski definition) is 1. The number of aromatic nitrogens is 1. The first-order valence-electron chi connectivity index (χ1n) is 6.84. The van der Waals surface area contributed by atoms with E-state index in [4.69, 9.17) is 11.6 Å². The maximum atomic E-state index is 11.8. The molecule has 0 N–H and O–H groups in total. The van der Waals surface area contributed by atoms with Crippen LogP contribution in [0.15, 0.2) is 30.3 Å². The Hall–Kier alpha value is -1.54. The van der Waals surface area contributed by atoms with Crippen molar-refractivity contribution < 1.29 is 4.79 Å². The molecule has 0 aliphatic rings. The van der Waals surface area contributed by atoms with Gasteiger partial charge in [0, 0.05) is 22.6 Å². The second kappa shape index (κ2) is 5.84. The molecule has 2 aromatic rings. The molecule has 0 aliphatic carbocycles. The van der Waals surface area contributed by atoms with Crippen LogP contribution in [0.2, 0.25) is 0 Å². The van der Waals surface area contributed by atoms with Crippen molar-refractivity contribution in [3.8, 4) is 5.69 Å². The van der Waals surface area contributed by atoms with Crippen LogP contribution in [-0.2, 0) is 0 Å². The van der Waals surface area contributed by atoms with Crippen molar-refractivity contribution in [2.24, 2.45) is 0 Å². The molecular formula is C17H20ClNO. The van der Waals surface area contributed by atoms with Crippen LogP contribution in [0, 0.1) is 13.8 Å². The number of hydrogen-bond donors (Lipinski definition) is 0. The Labute approximate surface area is 125 Å². The van der Waals surface area contributed by atoms with Gasteiger partial charge in [-0.25, -0.2) is 0 Å². The average molecular weight is 290 g/mol. The highest BCUT2D eigenvalue weighted by Crippen LogP contribution is 2.23. The fraction of sp³-hybridized carbons (Fsp3) is 0.353. The van der Waals surface area contributed by atoms with Crippen LogP contribution in [-0.4, -0.2) is 16.2 Å². The normalized spacial score (nSPS) is 11.1. The molecule has 2 nitrogen and oxygen atoms in total. The lowest BCUT2D eigenvalue weighted by Crippen LogP contribution is -2.04. The van der Waals surface area contributed by atoms with Gasteiger partial charge in [0.15, 0.2) is 5.78 Å². The lowest BCUT2D eigenvalue weighted by molar-refractivity contribution is 0.102. The fourth-order valence-electron chi connectivity index (χ4n) is 2.52. The third kappa shape index (κ3) is 2.66. The summed E-state index contributed by atoms with van der Waals surface area (Å²) in [4.78, 5) is 11.8. The van der Waals surface area contributed by atoms with Crippen molar-refractivity contribution >= 4 is 17.4 Å². The molecule has 0 aliphatic heterocycles. The highest BCUT2D eigenvalue weighted by Gasteiger charge is 2.15. The number of alkyl halides is 1. The second-order valence-corrected chi connectivity index (χ2v) is 5.69. The van der Waals surface area contributed by atoms with E-state index in [0.29, 0.717) is 11.5 Å². The summed E-state index contributed by atoms with van der Waals surface area (Å²) in [5.41, 5.74) is 5.11. The molecule has 106 valence electrons. The summed E-state index contributed by atoms with van der Waals surface area (Å²) in [6.45, 7) is 8.33. The summed E-state index contributed by atoms with van der Waals surface area (Å²) in [5.74, 6) is 0.519. The largest absolute Gasteiger partial charge is 0.318 e. The van der Waals surface area contributed by atoms with Gasteiger partial charge in [0.2, 0.25) is 0 Å². The lowest BCUT2D eigenvalue weighted by atomic mass is 10.0. The molecule has 0 saturated heterocycles. The minimum atomic E-state index is -0.0233. The standard InChI is InChI=1S/C17H20ClNO/c1-11(2)14-5-7-15(8-6-14)19-12(3)9-16(13(19)4)17(20)10-18/h5-9,11H,10H2,1-4H3. The van der Waals surface area contributed by atoms with Crippen LogP contribution < -0.4 is 0 Å². The summed E-state index contributed by atoms with van der Waals surface area (Å²) in [5, 5.41) is 0. The van der Waals surface area contributed by atoms with Gasteiger partial charge < -0.3 is 4.57 Å². The van der Waals surface area contributed by atoms with Crippen molar-refractivity contribution in [2.45, 2.75) is 33.6 Å².